The molecule has 0 saturated carbocycles. The summed E-state index contributed by atoms with van der Waals surface area (Å²) in [5.74, 6) is -1.32. The summed E-state index contributed by atoms with van der Waals surface area (Å²) in [6.45, 7) is 4.27. The lowest BCUT2D eigenvalue weighted by Gasteiger charge is -2.21. The van der Waals surface area contributed by atoms with E-state index >= 15 is 0 Å². The summed E-state index contributed by atoms with van der Waals surface area (Å²) in [6.07, 6.45) is 53.5. The Bertz CT molecular complexity index is 737. The fourth-order valence-electron chi connectivity index (χ4n) is 7.15. The van der Waals surface area contributed by atoms with Gasteiger partial charge in [0.2, 0.25) is 0 Å². The molecule has 52 heavy (non-hydrogen) atoms. The van der Waals surface area contributed by atoms with Gasteiger partial charge in [0.05, 0.1) is 0 Å². The summed E-state index contributed by atoms with van der Waals surface area (Å²) >= 11 is 0. The Kier molecular flexibility index (Phi) is 42.3. The third-order valence-electron chi connectivity index (χ3n) is 10.5. The van der Waals surface area contributed by atoms with Gasteiger partial charge in [-0.25, -0.2) is 0 Å². The fraction of sp³-hybridized carbons (Fsp3) is 0.870. The minimum absolute atomic E-state index is 0.330. The second-order valence-corrected chi connectivity index (χ2v) is 15.6. The molecule has 0 aromatic heterocycles. The monoisotopic (exact) mass is 733 g/mol. The standard InChI is InChI=1S/C46H88N2O4/c47-41-44-48(42-37-33-29-25-21-17-13-9-5-1-3-7-11-15-19-23-27-31-35-39-45(49)50)43-38-34-30-26-22-18-14-10-6-2-4-8-12-16-20-24-28-32-36-40-46(51)52/h5-6,9-10H,1-4,7-8,11-44,47H2,(H,49,50)(H,51,52). The maximum absolute atomic E-state index is 10.5. The van der Waals surface area contributed by atoms with Gasteiger partial charge >= 0.3 is 11.9 Å². The van der Waals surface area contributed by atoms with Crippen LogP contribution < -0.4 is 5.73 Å². The second kappa shape index (κ2) is 43.7. The molecule has 0 aliphatic rings. The predicted molar refractivity (Wildman–Crippen MR) is 225 cm³/mol. The van der Waals surface area contributed by atoms with Crippen LogP contribution in [0.1, 0.15) is 231 Å². The maximum Gasteiger partial charge on any atom is 0.303 e. The van der Waals surface area contributed by atoms with Crippen LogP contribution >= 0.6 is 0 Å². The molecular formula is C46H88N2O4. The molecule has 0 aliphatic carbocycles. The number of carboxylic acids is 2. The first-order chi connectivity index (χ1) is 25.6. The Balaban J connectivity index is 3.42. The Hall–Kier alpha value is -1.66. The Labute approximate surface area is 323 Å². The van der Waals surface area contributed by atoms with Crippen LogP contribution in [0.15, 0.2) is 24.3 Å². The molecule has 0 aliphatic heterocycles. The molecule has 0 heterocycles. The van der Waals surface area contributed by atoms with Gasteiger partial charge in [-0.3, -0.25) is 9.59 Å². The number of unbranched alkanes of at least 4 members (excludes halogenated alkanes) is 30. The Morgan fingerprint density at radius 3 is 0.827 bits per heavy atom. The predicted octanol–water partition coefficient (Wildman–Crippen LogP) is 13.6. The molecule has 306 valence electrons. The zero-order valence-corrected chi connectivity index (χ0v) is 34.3. The highest BCUT2D eigenvalue weighted by molar-refractivity contribution is 5.66. The van der Waals surface area contributed by atoms with Crippen molar-refractivity contribution in [2.45, 2.75) is 231 Å². The second-order valence-electron chi connectivity index (χ2n) is 15.6. The summed E-state index contributed by atoms with van der Waals surface area (Å²) in [4.78, 5) is 23.6. The number of hydrogen-bond donors (Lipinski definition) is 3. The van der Waals surface area contributed by atoms with Crippen LogP contribution in [-0.4, -0.2) is 53.2 Å². The van der Waals surface area contributed by atoms with Crippen LogP contribution in [0.4, 0.5) is 0 Å². The number of carbonyl (C=O) groups is 2. The molecule has 0 atom stereocenters. The molecule has 0 radical (unpaired) electrons. The van der Waals surface area contributed by atoms with Crippen LogP contribution in [0.3, 0.4) is 0 Å². The van der Waals surface area contributed by atoms with Crippen LogP contribution in [0.2, 0.25) is 0 Å². The third-order valence-corrected chi connectivity index (χ3v) is 10.5. The van der Waals surface area contributed by atoms with Gasteiger partial charge in [-0.05, 0) is 90.1 Å². The van der Waals surface area contributed by atoms with Crippen molar-refractivity contribution in [3.05, 3.63) is 24.3 Å². The van der Waals surface area contributed by atoms with Crippen molar-refractivity contribution in [2.24, 2.45) is 5.73 Å². The van der Waals surface area contributed by atoms with Crippen LogP contribution in [0, 0.1) is 0 Å². The summed E-state index contributed by atoms with van der Waals surface area (Å²) in [5.41, 5.74) is 5.92. The van der Waals surface area contributed by atoms with Gasteiger partial charge in [0.1, 0.15) is 0 Å². The molecule has 4 N–H and O–H groups in total. The number of aliphatic carboxylic acids is 2. The van der Waals surface area contributed by atoms with Crippen molar-refractivity contribution >= 4 is 11.9 Å². The van der Waals surface area contributed by atoms with Crippen molar-refractivity contribution in [1.82, 2.24) is 4.90 Å². The highest BCUT2D eigenvalue weighted by Gasteiger charge is 2.04. The molecule has 0 saturated heterocycles. The molecule has 0 fully saturated rings. The van der Waals surface area contributed by atoms with E-state index in [1.54, 1.807) is 0 Å². The molecule has 0 aromatic carbocycles. The number of rotatable bonds is 44. The van der Waals surface area contributed by atoms with Gasteiger partial charge in [-0.15, -0.1) is 0 Å². The zero-order chi connectivity index (χ0) is 37.8. The van der Waals surface area contributed by atoms with Crippen molar-refractivity contribution < 1.29 is 19.8 Å². The van der Waals surface area contributed by atoms with Gasteiger partial charge in [0, 0.05) is 25.9 Å². The van der Waals surface area contributed by atoms with E-state index in [0.717, 1.165) is 38.8 Å². The number of hydrogen-bond acceptors (Lipinski definition) is 4. The van der Waals surface area contributed by atoms with Crippen LogP contribution in [0.25, 0.3) is 0 Å². The van der Waals surface area contributed by atoms with Crippen LogP contribution in [-0.2, 0) is 9.59 Å². The largest absolute Gasteiger partial charge is 0.481 e. The quantitative estimate of drug-likeness (QED) is 0.0425. The number of carboxylic acid groups (broad SMARTS) is 2. The topological polar surface area (TPSA) is 104 Å². The van der Waals surface area contributed by atoms with Gasteiger partial charge in [-0.1, -0.05) is 166 Å². The first-order valence-corrected chi connectivity index (χ1v) is 22.7. The summed E-state index contributed by atoms with van der Waals surface area (Å²) in [5, 5.41) is 17.3. The number of nitrogens with zero attached hydrogens (tertiary/aromatic N) is 1. The summed E-state index contributed by atoms with van der Waals surface area (Å²) in [6, 6.07) is 0. The number of allylic oxidation sites excluding steroid dienone is 4. The van der Waals surface area contributed by atoms with Crippen LogP contribution in [0.5, 0.6) is 0 Å². The average molecular weight is 733 g/mol. The van der Waals surface area contributed by atoms with Gasteiger partial charge < -0.3 is 20.8 Å². The van der Waals surface area contributed by atoms with E-state index in [2.05, 4.69) is 29.2 Å². The van der Waals surface area contributed by atoms with Gasteiger partial charge in [-0.2, -0.15) is 0 Å². The molecule has 0 spiro atoms. The first-order valence-electron chi connectivity index (χ1n) is 22.7. The molecule has 0 unspecified atom stereocenters. The third kappa shape index (κ3) is 44.5. The normalized spacial score (nSPS) is 11.9. The van der Waals surface area contributed by atoms with E-state index in [1.165, 1.54) is 206 Å². The van der Waals surface area contributed by atoms with Gasteiger partial charge in [0.15, 0.2) is 0 Å². The number of nitrogens with two attached hydrogens (primary N) is 1. The van der Waals surface area contributed by atoms with Crippen molar-refractivity contribution in [3.63, 3.8) is 0 Å². The molecular weight excluding hydrogens is 645 g/mol. The molecule has 0 rings (SSSR count). The first kappa shape index (κ1) is 50.3. The van der Waals surface area contributed by atoms with Crippen molar-refractivity contribution in [1.29, 1.82) is 0 Å². The highest BCUT2D eigenvalue weighted by Crippen LogP contribution is 2.15. The molecule has 6 heteroatoms. The van der Waals surface area contributed by atoms with E-state index in [-0.39, 0.29) is 0 Å². The summed E-state index contributed by atoms with van der Waals surface area (Å²) in [7, 11) is 0. The highest BCUT2D eigenvalue weighted by atomic mass is 16.4. The minimum Gasteiger partial charge on any atom is -0.481 e. The van der Waals surface area contributed by atoms with E-state index < -0.39 is 11.9 Å². The van der Waals surface area contributed by atoms with E-state index in [9.17, 15) is 9.59 Å². The maximum atomic E-state index is 10.5. The average Bonchev–Trinajstić information content (AvgIpc) is 3.12. The van der Waals surface area contributed by atoms with Gasteiger partial charge in [0.25, 0.3) is 0 Å². The fourth-order valence-corrected chi connectivity index (χ4v) is 7.15. The van der Waals surface area contributed by atoms with E-state index in [1.807, 2.05) is 0 Å². The lowest BCUT2D eigenvalue weighted by Crippen LogP contribution is -2.31. The van der Waals surface area contributed by atoms with E-state index in [4.69, 9.17) is 15.9 Å². The zero-order valence-electron chi connectivity index (χ0n) is 34.3. The Morgan fingerprint density at radius 1 is 0.346 bits per heavy atom. The van der Waals surface area contributed by atoms with Crippen molar-refractivity contribution in [2.75, 3.05) is 26.2 Å². The lowest BCUT2D eigenvalue weighted by atomic mass is 10.1. The molecule has 0 aromatic rings. The minimum atomic E-state index is -0.661. The van der Waals surface area contributed by atoms with E-state index in [0.29, 0.717) is 12.8 Å². The smallest absolute Gasteiger partial charge is 0.303 e. The summed E-state index contributed by atoms with van der Waals surface area (Å²) < 4.78 is 0. The Morgan fingerprint density at radius 2 is 0.577 bits per heavy atom. The molecule has 0 bridgehead atoms. The molecule has 0 amide bonds. The SMILES string of the molecule is NCCN(CCCCCCCCC=CCCCCCCCCCCCC(=O)O)CCCCCCCCC=CCCCCCCCCCCCC(=O)O. The lowest BCUT2D eigenvalue weighted by molar-refractivity contribution is -0.138. The van der Waals surface area contributed by atoms with Crippen molar-refractivity contribution in [3.8, 4) is 0 Å². The molecule has 6 nitrogen and oxygen atoms in total.